The Morgan fingerprint density at radius 1 is 1.06 bits per heavy atom. The molecule has 0 spiro atoms. The van der Waals surface area contributed by atoms with E-state index < -0.39 is 18.0 Å². The number of rotatable bonds is 5. The Morgan fingerprint density at radius 2 is 1.81 bits per heavy atom. The second-order valence-corrected chi connectivity index (χ2v) is 7.18. The van der Waals surface area contributed by atoms with Crippen LogP contribution in [-0.4, -0.2) is 19.1 Å². The minimum Gasteiger partial charge on any atom is -0.489 e. The molecule has 1 aliphatic heterocycles. The zero-order valence-corrected chi connectivity index (χ0v) is 17.1. The lowest BCUT2D eigenvalue weighted by Crippen LogP contribution is -2.45. The van der Waals surface area contributed by atoms with E-state index >= 15 is 0 Å². The molecule has 3 aromatic carbocycles. The van der Waals surface area contributed by atoms with Crippen LogP contribution in [0.15, 0.2) is 71.9 Å². The Hall–Kier alpha value is -3.87. The van der Waals surface area contributed by atoms with Crippen LogP contribution in [0.4, 0.5) is 9.18 Å². The van der Waals surface area contributed by atoms with Gasteiger partial charge in [-0.05, 0) is 41.5 Å². The SMILES string of the molecule is COC(=O)C1=C(C)NC(=O)NC1c1c(OCc2ccc(F)cc2)ccc2ccccc12. The topological polar surface area (TPSA) is 76.7 Å². The van der Waals surface area contributed by atoms with Crippen molar-refractivity contribution in [3.8, 4) is 5.75 Å². The minimum absolute atomic E-state index is 0.195. The van der Waals surface area contributed by atoms with Crippen molar-refractivity contribution in [2.24, 2.45) is 0 Å². The summed E-state index contributed by atoms with van der Waals surface area (Å²) in [6, 6.07) is 16.2. The van der Waals surface area contributed by atoms with Gasteiger partial charge in [-0.2, -0.15) is 0 Å². The van der Waals surface area contributed by atoms with E-state index in [1.807, 2.05) is 30.3 Å². The highest BCUT2D eigenvalue weighted by molar-refractivity contribution is 5.98. The highest BCUT2D eigenvalue weighted by Gasteiger charge is 2.34. The van der Waals surface area contributed by atoms with Crippen molar-refractivity contribution in [3.63, 3.8) is 0 Å². The molecule has 3 aromatic rings. The highest BCUT2D eigenvalue weighted by Crippen LogP contribution is 2.39. The summed E-state index contributed by atoms with van der Waals surface area (Å²) in [5.74, 6) is -0.368. The molecule has 158 valence electrons. The lowest BCUT2D eigenvalue weighted by atomic mass is 9.90. The van der Waals surface area contributed by atoms with Gasteiger partial charge in [0, 0.05) is 11.3 Å². The Bertz CT molecular complexity index is 1190. The summed E-state index contributed by atoms with van der Waals surface area (Å²) in [5, 5.41) is 7.22. The minimum atomic E-state index is -0.768. The van der Waals surface area contributed by atoms with Crippen molar-refractivity contribution in [1.82, 2.24) is 10.6 Å². The monoisotopic (exact) mass is 420 g/mol. The molecule has 2 amide bonds. The van der Waals surface area contributed by atoms with Crippen LogP contribution in [-0.2, 0) is 16.1 Å². The number of ether oxygens (including phenoxy) is 2. The molecule has 2 N–H and O–H groups in total. The van der Waals surface area contributed by atoms with Gasteiger partial charge in [-0.15, -0.1) is 0 Å². The second-order valence-electron chi connectivity index (χ2n) is 7.18. The number of methoxy groups -OCH3 is 1. The van der Waals surface area contributed by atoms with Crippen LogP contribution in [0, 0.1) is 5.82 Å². The average Bonchev–Trinajstić information content (AvgIpc) is 2.77. The Labute approximate surface area is 178 Å². The Kier molecular flexibility index (Phi) is 5.58. The first-order chi connectivity index (χ1) is 15.0. The van der Waals surface area contributed by atoms with Crippen LogP contribution < -0.4 is 15.4 Å². The average molecular weight is 420 g/mol. The number of hydrogen-bond donors (Lipinski definition) is 2. The number of fused-ring (bicyclic) bond motifs is 1. The third-order valence-electron chi connectivity index (χ3n) is 5.20. The highest BCUT2D eigenvalue weighted by atomic mass is 19.1. The predicted molar refractivity (Wildman–Crippen MR) is 114 cm³/mol. The van der Waals surface area contributed by atoms with E-state index in [2.05, 4.69) is 10.6 Å². The number of benzene rings is 3. The fraction of sp³-hybridized carbons (Fsp3) is 0.167. The van der Waals surface area contributed by atoms with Crippen LogP contribution in [0.25, 0.3) is 10.8 Å². The molecule has 1 atom stereocenters. The van der Waals surface area contributed by atoms with Crippen LogP contribution in [0.2, 0.25) is 0 Å². The Balaban J connectivity index is 1.83. The molecule has 0 radical (unpaired) electrons. The van der Waals surface area contributed by atoms with Gasteiger partial charge < -0.3 is 20.1 Å². The van der Waals surface area contributed by atoms with E-state index in [1.165, 1.54) is 19.2 Å². The largest absolute Gasteiger partial charge is 0.489 e. The molecule has 0 bridgehead atoms. The first-order valence-electron chi connectivity index (χ1n) is 9.73. The van der Waals surface area contributed by atoms with E-state index in [4.69, 9.17) is 9.47 Å². The summed E-state index contributed by atoms with van der Waals surface area (Å²) in [5.41, 5.74) is 2.15. The molecule has 7 heteroatoms. The van der Waals surface area contributed by atoms with Crippen molar-refractivity contribution in [3.05, 3.63) is 88.9 Å². The summed E-state index contributed by atoms with van der Waals surface area (Å²) < 4.78 is 24.3. The van der Waals surface area contributed by atoms with Crippen LogP contribution in [0.5, 0.6) is 5.75 Å². The molecule has 6 nitrogen and oxygen atoms in total. The molecule has 0 saturated heterocycles. The van der Waals surface area contributed by atoms with E-state index in [0.29, 0.717) is 22.6 Å². The summed E-state index contributed by atoms with van der Waals surface area (Å²) >= 11 is 0. The fourth-order valence-electron chi connectivity index (χ4n) is 3.73. The molecule has 1 unspecified atom stereocenters. The lowest BCUT2D eigenvalue weighted by Gasteiger charge is -2.30. The van der Waals surface area contributed by atoms with E-state index in [9.17, 15) is 14.0 Å². The third kappa shape index (κ3) is 4.07. The van der Waals surface area contributed by atoms with Gasteiger partial charge in [0.1, 0.15) is 18.2 Å². The van der Waals surface area contributed by atoms with Crippen molar-refractivity contribution in [1.29, 1.82) is 0 Å². The quantitative estimate of drug-likeness (QED) is 0.602. The zero-order valence-electron chi connectivity index (χ0n) is 17.1. The number of nitrogens with one attached hydrogen (secondary N) is 2. The van der Waals surface area contributed by atoms with Crippen LogP contribution in [0.3, 0.4) is 0 Å². The third-order valence-corrected chi connectivity index (χ3v) is 5.20. The molecule has 1 aliphatic rings. The molecule has 0 aromatic heterocycles. The predicted octanol–water partition coefficient (Wildman–Crippen LogP) is 4.36. The standard InChI is InChI=1S/C24H21FN2O4/c1-14-20(23(28)30-2)22(27-24(29)26-14)21-18-6-4-3-5-16(18)9-12-19(21)31-13-15-7-10-17(25)11-8-15/h3-12,22H,13H2,1-2H3,(H2,26,27,29). The summed E-state index contributed by atoms with van der Waals surface area (Å²) in [7, 11) is 1.30. The maximum absolute atomic E-state index is 13.2. The number of carbonyl (C=O) groups is 2. The van der Waals surface area contributed by atoms with Crippen LogP contribution in [0.1, 0.15) is 24.1 Å². The summed E-state index contributed by atoms with van der Waals surface area (Å²) in [4.78, 5) is 24.9. The van der Waals surface area contributed by atoms with Crippen molar-refractivity contribution < 1.29 is 23.5 Å². The molecular weight excluding hydrogens is 399 g/mol. The van der Waals surface area contributed by atoms with Gasteiger partial charge in [-0.1, -0.05) is 42.5 Å². The maximum Gasteiger partial charge on any atom is 0.337 e. The first-order valence-corrected chi connectivity index (χ1v) is 9.73. The number of allylic oxidation sites excluding steroid dienone is 1. The van der Waals surface area contributed by atoms with E-state index in [0.717, 1.165) is 16.3 Å². The maximum atomic E-state index is 13.2. The van der Waals surface area contributed by atoms with Crippen molar-refractivity contribution >= 4 is 22.8 Å². The zero-order chi connectivity index (χ0) is 22.0. The molecule has 0 fully saturated rings. The van der Waals surface area contributed by atoms with Crippen LogP contribution >= 0.6 is 0 Å². The molecular formula is C24H21FN2O4. The fourth-order valence-corrected chi connectivity index (χ4v) is 3.73. The number of amides is 2. The normalized spacial score (nSPS) is 16.0. The Morgan fingerprint density at radius 3 is 2.55 bits per heavy atom. The number of carbonyl (C=O) groups excluding carboxylic acids is 2. The summed E-state index contributed by atoms with van der Waals surface area (Å²) in [6.45, 7) is 1.85. The summed E-state index contributed by atoms with van der Waals surface area (Å²) in [6.07, 6.45) is 0. The number of esters is 1. The van der Waals surface area contributed by atoms with Gasteiger partial charge in [0.2, 0.25) is 0 Å². The van der Waals surface area contributed by atoms with Crippen molar-refractivity contribution in [2.45, 2.75) is 19.6 Å². The molecule has 0 saturated carbocycles. The molecule has 1 heterocycles. The number of urea groups is 1. The number of hydrogen-bond acceptors (Lipinski definition) is 4. The second kappa shape index (κ2) is 8.47. The molecule has 4 rings (SSSR count). The van der Waals surface area contributed by atoms with Gasteiger partial charge in [-0.25, -0.2) is 14.0 Å². The molecule has 31 heavy (non-hydrogen) atoms. The lowest BCUT2D eigenvalue weighted by molar-refractivity contribution is -0.136. The van der Waals surface area contributed by atoms with Crippen molar-refractivity contribution in [2.75, 3.05) is 7.11 Å². The van der Waals surface area contributed by atoms with Gasteiger partial charge >= 0.3 is 12.0 Å². The smallest absolute Gasteiger partial charge is 0.337 e. The van der Waals surface area contributed by atoms with Gasteiger partial charge in [0.25, 0.3) is 0 Å². The van der Waals surface area contributed by atoms with Gasteiger partial charge in [-0.3, -0.25) is 0 Å². The first kappa shape index (κ1) is 20.4. The van der Waals surface area contributed by atoms with E-state index in [-0.39, 0.29) is 12.4 Å². The number of halogens is 1. The van der Waals surface area contributed by atoms with Gasteiger partial charge in [0.15, 0.2) is 0 Å². The van der Waals surface area contributed by atoms with Gasteiger partial charge in [0.05, 0.1) is 18.7 Å². The van der Waals surface area contributed by atoms with E-state index in [1.54, 1.807) is 25.1 Å². The molecule has 0 aliphatic carbocycles.